The second-order valence-corrected chi connectivity index (χ2v) is 7.33. The highest BCUT2D eigenvalue weighted by atomic mass is 16.5. The average Bonchev–Trinajstić information content (AvgIpc) is 3.57. The molecule has 0 radical (unpaired) electrons. The molecule has 1 aromatic heterocycles. The molecular weight excluding hydrogens is 364 g/mol. The third-order valence-electron chi connectivity index (χ3n) is 5.53. The van der Waals surface area contributed by atoms with Crippen molar-refractivity contribution in [3.8, 4) is 22.8 Å². The SMILES string of the molecule is COc1ccc(C2(C(=O)Nc3ccc(C)c(-c4ccccc4OC)n3)CC2)cc1.[HH]. The molecule has 150 valence electrons. The molecule has 0 aliphatic heterocycles. The van der Waals surface area contributed by atoms with Gasteiger partial charge in [-0.25, -0.2) is 4.98 Å². The van der Waals surface area contributed by atoms with Crippen molar-refractivity contribution in [3.05, 3.63) is 71.8 Å². The van der Waals surface area contributed by atoms with Gasteiger partial charge < -0.3 is 14.8 Å². The summed E-state index contributed by atoms with van der Waals surface area (Å²) in [6, 6.07) is 19.3. The number of hydrogen-bond acceptors (Lipinski definition) is 4. The number of anilines is 1. The number of aryl methyl sites for hydroxylation is 1. The van der Waals surface area contributed by atoms with Crippen LogP contribution in [0.4, 0.5) is 5.82 Å². The molecule has 5 heteroatoms. The Morgan fingerprint density at radius 1 is 1.00 bits per heavy atom. The van der Waals surface area contributed by atoms with E-state index in [0.29, 0.717) is 5.82 Å². The van der Waals surface area contributed by atoms with Crippen molar-refractivity contribution >= 4 is 11.7 Å². The number of carbonyl (C=O) groups is 1. The minimum Gasteiger partial charge on any atom is -0.497 e. The molecule has 2 aromatic carbocycles. The number of hydrogen-bond donors (Lipinski definition) is 1. The number of nitrogens with one attached hydrogen (secondary N) is 1. The predicted octanol–water partition coefficient (Wildman–Crippen LogP) is 4.99. The van der Waals surface area contributed by atoms with Crippen molar-refractivity contribution in [2.75, 3.05) is 19.5 Å². The van der Waals surface area contributed by atoms with E-state index in [1.165, 1.54) is 0 Å². The van der Waals surface area contributed by atoms with Crippen molar-refractivity contribution in [3.63, 3.8) is 0 Å². The maximum Gasteiger partial charge on any atom is 0.236 e. The molecule has 1 aliphatic carbocycles. The largest absolute Gasteiger partial charge is 0.497 e. The molecule has 1 amide bonds. The van der Waals surface area contributed by atoms with Crippen molar-refractivity contribution < 1.29 is 15.7 Å². The Kier molecular flexibility index (Phi) is 4.97. The Bertz CT molecular complexity index is 1050. The first kappa shape index (κ1) is 19.0. The molecule has 1 N–H and O–H groups in total. The lowest BCUT2D eigenvalue weighted by atomic mass is 9.95. The molecule has 4 rings (SSSR count). The Hall–Kier alpha value is -3.34. The minimum absolute atomic E-state index is 0. The van der Waals surface area contributed by atoms with Gasteiger partial charge >= 0.3 is 0 Å². The van der Waals surface area contributed by atoms with Crippen LogP contribution in [0.2, 0.25) is 0 Å². The Labute approximate surface area is 172 Å². The zero-order valence-electron chi connectivity index (χ0n) is 16.9. The van der Waals surface area contributed by atoms with Gasteiger partial charge in [0.2, 0.25) is 5.91 Å². The smallest absolute Gasteiger partial charge is 0.236 e. The van der Waals surface area contributed by atoms with Gasteiger partial charge in [-0.05, 0) is 61.2 Å². The van der Waals surface area contributed by atoms with Crippen molar-refractivity contribution in [2.45, 2.75) is 25.2 Å². The lowest BCUT2D eigenvalue weighted by molar-refractivity contribution is -0.118. The van der Waals surface area contributed by atoms with Crippen LogP contribution in [-0.2, 0) is 10.2 Å². The van der Waals surface area contributed by atoms with Gasteiger partial charge in [-0.1, -0.05) is 30.3 Å². The van der Waals surface area contributed by atoms with Crippen LogP contribution < -0.4 is 14.8 Å². The summed E-state index contributed by atoms with van der Waals surface area (Å²) in [5.41, 5.74) is 3.25. The summed E-state index contributed by atoms with van der Waals surface area (Å²) in [5, 5.41) is 3.02. The van der Waals surface area contributed by atoms with Crippen LogP contribution in [0, 0.1) is 6.92 Å². The number of pyridine rings is 1. The molecule has 1 saturated carbocycles. The molecule has 0 spiro atoms. The molecule has 29 heavy (non-hydrogen) atoms. The predicted molar refractivity (Wildman–Crippen MR) is 116 cm³/mol. The molecule has 1 heterocycles. The molecule has 1 fully saturated rings. The summed E-state index contributed by atoms with van der Waals surface area (Å²) < 4.78 is 10.7. The fourth-order valence-corrected chi connectivity index (χ4v) is 3.63. The molecule has 0 bridgehead atoms. The summed E-state index contributed by atoms with van der Waals surface area (Å²) in [6.07, 6.45) is 1.66. The lowest BCUT2D eigenvalue weighted by Crippen LogP contribution is -2.28. The fraction of sp³-hybridized carbons (Fsp3) is 0.250. The number of ether oxygens (including phenoxy) is 2. The second kappa shape index (κ2) is 7.59. The van der Waals surface area contributed by atoms with E-state index in [9.17, 15) is 4.79 Å². The molecular formula is C24H26N2O3. The summed E-state index contributed by atoms with van der Waals surface area (Å²) >= 11 is 0. The van der Waals surface area contributed by atoms with Crippen LogP contribution in [0.3, 0.4) is 0 Å². The van der Waals surface area contributed by atoms with E-state index in [-0.39, 0.29) is 7.33 Å². The highest BCUT2D eigenvalue weighted by Gasteiger charge is 2.51. The van der Waals surface area contributed by atoms with E-state index in [1.807, 2.05) is 67.6 Å². The van der Waals surface area contributed by atoms with Crippen molar-refractivity contribution in [1.29, 1.82) is 0 Å². The van der Waals surface area contributed by atoms with Crippen LogP contribution in [0.5, 0.6) is 11.5 Å². The lowest BCUT2D eigenvalue weighted by Gasteiger charge is -2.17. The maximum atomic E-state index is 13.1. The second-order valence-electron chi connectivity index (χ2n) is 7.33. The third-order valence-corrected chi connectivity index (χ3v) is 5.53. The Morgan fingerprint density at radius 2 is 1.72 bits per heavy atom. The molecule has 0 saturated heterocycles. The first-order valence-electron chi connectivity index (χ1n) is 9.64. The van der Waals surface area contributed by atoms with E-state index in [0.717, 1.165) is 46.7 Å². The number of methoxy groups -OCH3 is 2. The molecule has 3 aromatic rings. The zero-order chi connectivity index (χ0) is 20.4. The van der Waals surface area contributed by atoms with Gasteiger partial charge in [0, 0.05) is 6.99 Å². The summed E-state index contributed by atoms with van der Waals surface area (Å²) in [4.78, 5) is 17.8. The van der Waals surface area contributed by atoms with E-state index in [2.05, 4.69) is 5.32 Å². The quantitative estimate of drug-likeness (QED) is 0.644. The monoisotopic (exact) mass is 390 g/mol. The first-order chi connectivity index (χ1) is 14.1. The Morgan fingerprint density at radius 3 is 2.38 bits per heavy atom. The summed E-state index contributed by atoms with van der Waals surface area (Å²) in [7, 11) is 3.28. The van der Waals surface area contributed by atoms with Crippen molar-refractivity contribution in [2.24, 2.45) is 0 Å². The number of aromatic nitrogens is 1. The van der Waals surface area contributed by atoms with E-state index < -0.39 is 5.41 Å². The first-order valence-corrected chi connectivity index (χ1v) is 9.64. The van der Waals surface area contributed by atoms with Crippen molar-refractivity contribution in [1.82, 2.24) is 4.98 Å². The molecule has 0 unspecified atom stereocenters. The highest BCUT2D eigenvalue weighted by molar-refractivity contribution is 6.01. The van der Waals surface area contributed by atoms with Gasteiger partial charge in [-0.3, -0.25) is 4.79 Å². The van der Waals surface area contributed by atoms with Crippen LogP contribution in [0.1, 0.15) is 25.4 Å². The van der Waals surface area contributed by atoms with Gasteiger partial charge in [0.25, 0.3) is 0 Å². The minimum atomic E-state index is -0.483. The van der Waals surface area contributed by atoms with Gasteiger partial charge in [-0.2, -0.15) is 0 Å². The van der Waals surface area contributed by atoms with Crippen LogP contribution >= 0.6 is 0 Å². The van der Waals surface area contributed by atoms with E-state index in [4.69, 9.17) is 14.5 Å². The number of amides is 1. The molecule has 5 nitrogen and oxygen atoms in total. The highest BCUT2D eigenvalue weighted by Crippen LogP contribution is 2.49. The fourth-order valence-electron chi connectivity index (χ4n) is 3.63. The van der Waals surface area contributed by atoms with Gasteiger partial charge in [0.15, 0.2) is 0 Å². The third kappa shape index (κ3) is 3.56. The summed E-state index contributed by atoms with van der Waals surface area (Å²) in [5.74, 6) is 2.06. The number of rotatable bonds is 6. The van der Waals surface area contributed by atoms with Gasteiger partial charge in [0.05, 0.1) is 25.3 Å². The Balaban J connectivity index is 0.00000256. The molecule has 1 aliphatic rings. The standard InChI is InChI=1S/C24H24N2O3.H2/c1-16-8-13-21(25-22(16)19-6-4-5-7-20(19)29-3)26-23(27)24(14-15-24)17-9-11-18(28-2)12-10-17;/h4-13H,14-15H2,1-3H3,(H,25,26,27);1H. The number of carbonyl (C=O) groups excluding carboxylic acids is 1. The van der Waals surface area contributed by atoms with Crippen LogP contribution in [0.25, 0.3) is 11.3 Å². The molecule has 0 atom stereocenters. The van der Waals surface area contributed by atoms with Gasteiger partial charge in [-0.15, -0.1) is 0 Å². The summed E-state index contributed by atoms with van der Waals surface area (Å²) in [6.45, 7) is 2.00. The van der Waals surface area contributed by atoms with Crippen LogP contribution in [0.15, 0.2) is 60.7 Å². The number of benzene rings is 2. The van der Waals surface area contributed by atoms with E-state index in [1.54, 1.807) is 14.2 Å². The van der Waals surface area contributed by atoms with Crippen LogP contribution in [-0.4, -0.2) is 25.1 Å². The average molecular weight is 390 g/mol. The topological polar surface area (TPSA) is 60.5 Å². The number of para-hydroxylation sites is 1. The maximum absolute atomic E-state index is 13.1. The number of nitrogens with zero attached hydrogens (tertiary/aromatic N) is 1. The zero-order valence-corrected chi connectivity index (χ0v) is 16.9. The normalized spacial score (nSPS) is 14.2. The van der Waals surface area contributed by atoms with Gasteiger partial charge in [0.1, 0.15) is 17.3 Å². The van der Waals surface area contributed by atoms with E-state index >= 15 is 0 Å².